The highest BCUT2D eigenvalue weighted by atomic mass is 31.2. The van der Waals surface area contributed by atoms with Crippen LogP contribution in [0, 0.1) is 0 Å². The minimum atomic E-state index is -3.32. The molecule has 0 aliphatic rings. The largest absolute Gasteiger partial charge is 0.404 e. The first-order chi connectivity index (χ1) is 7.18. The lowest BCUT2D eigenvalue weighted by Gasteiger charge is -2.12. The monoisotopic (exact) mass is 233 g/mol. The van der Waals surface area contributed by atoms with Crippen LogP contribution in [0.1, 0.15) is 26.2 Å². The standard InChI is InChI=1S/C9H16NO4P/c1-3-5-6-7-13-15(12,8-4-2)14-10-9-11/h4H,2-3,5-8H2,1H3. The fourth-order valence-electron chi connectivity index (χ4n) is 0.902. The summed E-state index contributed by atoms with van der Waals surface area (Å²) in [7, 11) is -3.32. The van der Waals surface area contributed by atoms with Gasteiger partial charge in [-0.25, -0.2) is 9.36 Å². The number of hydrogen-bond donors (Lipinski definition) is 0. The summed E-state index contributed by atoms with van der Waals surface area (Å²) in [5.41, 5.74) is 0. The van der Waals surface area contributed by atoms with Crippen LogP contribution in [0.2, 0.25) is 0 Å². The van der Waals surface area contributed by atoms with Gasteiger partial charge in [0, 0.05) is 5.16 Å². The molecule has 0 saturated heterocycles. The SMILES string of the molecule is C=CCP(=O)(OCCCCC)ON=C=O. The van der Waals surface area contributed by atoms with Crippen molar-refractivity contribution in [3.63, 3.8) is 0 Å². The average molecular weight is 233 g/mol. The fourth-order valence-corrected chi connectivity index (χ4v) is 2.00. The summed E-state index contributed by atoms with van der Waals surface area (Å²) in [4.78, 5) is 9.81. The van der Waals surface area contributed by atoms with Crippen molar-refractivity contribution < 1.29 is 18.5 Å². The molecule has 15 heavy (non-hydrogen) atoms. The highest BCUT2D eigenvalue weighted by Gasteiger charge is 2.23. The quantitative estimate of drug-likeness (QED) is 0.153. The van der Waals surface area contributed by atoms with E-state index in [1.165, 1.54) is 6.08 Å². The predicted molar refractivity (Wildman–Crippen MR) is 57.4 cm³/mol. The van der Waals surface area contributed by atoms with Crippen molar-refractivity contribution >= 4 is 13.7 Å². The summed E-state index contributed by atoms with van der Waals surface area (Å²) in [6.07, 6.45) is 5.42. The van der Waals surface area contributed by atoms with Gasteiger partial charge in [0.1, 0.15) is 0 Å². The van der Waals surface area contributed by atoms with E-state index in [1.807, 2.05) is 0 Å². The molecule has 5 nitrogen and oxygen atoms in total. The summed E-state index contributed by atoms with van der Waals surface area (Å²) in [6, 6.07) is 0. The molecule has 0 aliphatic carbocycles. The molecule has 0 bridgehead atoms. The number of isocyanates is 1. The maximum absolute atomic E-state index is 11.7. The topological polar surface area (TPSA) is 65.0 Å². The van der Waals surface area contributed by atoms with Gasteiger partial charge in [-0.1, -0.05) is 25.8 Å². The fraction of sp³-hybridized carbons (Fsp3) is 0.667. The molecule has 0 amide bonds. The Bertz CT molecular complexity index is 273. The summed E-state index contributed by atoms with van der Waals surface area (Å²) in [5.74, 6) is 0. The van der Waals surface area contributed by atoms with Crippen molar-refractivity contribution in [2.45, 2.75) is 26.2 Å². The van der Waals surface area contributed by atoms with E-state index in [9.17, 15) is 9.36 Å². The normalized spacial score (nSPS) is 13.7. The zero-order chi connectivity index (χ0) is 11.6. The third-order valence-corrected chi connectivity index (χ3v) is 3.20. The maximum atomic E-state index is 11.7. The third-order valence-electron chi connectivity index (χ3n) is 1.59. The molecule has 0 N–H and O–H groups in total. The lowest BCUT2D eigenvalue weighted by atomic mass is 10.3. The van der Waals surface area contributed by atoms with E-state index in [4.69, 9.17) is 4.52 Å². The van der Waals surface area contributed by atoms with Crippen LogP contribution in [0.15, 0.2) is 17.8 Å². The predicted octanol–water partition coefficient (Wildman–Crippen LogP) is 2.84. The Morgan fingerprint density at radius 3 is 2.80 bits per heavy atom. The van der Waals surface area contributed by atoms with Gasteiger partial charge in [0.25, 0.3) is 6.08 Å². The zero-order valence-electron chi connectivity index (χ0n) is 8.85. The summed E-state index contributed by atoms with van der Waals surface area (Å²) in [5, 5.41) is 2.82. The Hall–Kier alpha value is -0.890. The smallest absolute Gasteiger partial charge is 0.303 e. The van der Waals surface area contributed by atoms with Gasteiger partial charge in [-0.2, -0.15) is 0 Å². The maximum Gasteiger partial charge on any atom is 0.404 e. The molecule has 0 heterocycles. The van der Waals surface area contributed by atoms with E-state index < -0.39 is 7.60 Å². The third kappa shape index (κ3) is 7.09. The first kappa shape index (κ1) is 14.1. The number of nitrogens with zero attached hydrogens (tertiary/aromatic N) is 1. The van der Waals surface area contributed by atoms with E-state index in [2.05, 4.69) is 23.3 Å². The average Bonchev–Trinajstić information content (AvgIpc) is 2.22. The van der Waals surface area contributed by atoms with Crippen molar-refractivity contribution in [2.75, 3.05) is 12.8 Å². The molecule has 1 unspecified atom stereocenters. The van der Waals surface area contributed by atoms with Crippen molar-refractivity contribution in [3.05, 3.63) is 12.7 Å². The molecule has 1 atom stereocenters. The molecule has 0 spiro atoms. The summed E-state index contributed by atoms with van der Waals surface area (Å²) < 4.78 is 21.3. The zero-order valence-corrected chi connectivity index (χ0v) is 9.74. The summed E-state index contributed by atoms with van der Waals surface area (Å²) in [6.45, 7) is 5.80. The van der Waals surface area contributed by atoms with E-state index in [-0.39, 0.29) is 6.16 Å². The molecule has 0 aliphatic heterocycles. The van der Waals surface area contributed by atoms with Gasteiger partial charge in [0.2, 0.25) is 0 Å². The Labute approximate surface area is 89.7 Å². The minimum absolute atomic E-state index is 0.0320. The van der Waals surface area contributed by atoms with Crippen LogP contribution in [0.4, 0.5) is 0 Å². The highest BCUT2D eigenvalue weighted by Crippen LogP contribution is 2.48. The molecule has 0 aromatic carbocycles. The molecular weight excluding hydrogens is 217 g/mol. The van der Waals surface area contributed by atoms with E-state index >= 15 is 0 Å². The van der Waals surface area contributed by atoms with Crippen molar-refractivity contribution in [1.29, 1.82) is 0 Å². The highest BCUT2D eigenvalue weighted by molar-refractivity contribution is 7.54. The van der Waals surface area contributed by atoms with Gasteiger partial charge >= 0.3 is 7.60 Å². The van der Waals surface area contributed by atoms with Gasteiger partial charge in [-0.05, 0) is 6.42 Å². The molecule has 0 aromatic rings. The molecule has 0 fully saturated rings. The van der Waals surface area contributed by atoms with Crippen molar-refractivity contribution in [2.24, 2.45) is 5.16 Å². The Kier molecular flexibility index (Phi) is 7.92. The number of carbonyl (C=O) groups excluding carboxylic acids is 1. The second-order valence-corrected chi connectivity index (χ2v) is 4.90. The summed E-state index contributed by atoms with van der Waals surface area (Å²) >= 11 is 0. The van der Waals surface area contributed by atoms with Crippen LogP contribution in [0.3, 0.4) is 0 Å². The van der Waals surface area contributed by atoms with Crippen LogP contribution in [-0.4, -0.2) is 18.8 Å². The molecule has 86 valence electrons. The lowest BCUT2D eigenvalue weighted by molar-refractivity contribution is 0.209. The number of hydrogen-bond acceptors (Lipinski definition) is 5. The molecule has 0 aromatic heterocycles. The number of allylic oxidation sites excluding steroid dienone is 1. The second kappa shape index (κ2) is 8.42. The van der Waals surface area contributed by atoms with E-state index in [0.717, 1.165) is 25.3 Å². The van der Waals surface area contributed by atoms with Gasteiger partial charge in [-0.3, -0.25) is 4.52 Å². The number of rotatable bonds is 9. The van der Waals surface area contributed by atoms with Crippen LogP contribution < -0.4 is 0 Å². The first-order valence-electron chi connectivity index (χ1n) is 4.79. The molecule has 0 saturated carbocycles. The molecule has 0 rings (SSSR count). The van der Waals surface area contributed by atoms with Crippen molar-refractivity contribution in [3.8, 4) is 0 Å². The first-order valence-corrected chi connectivity index (χ1v) is 6.51. The molecule has 0 radical (unpaired) electrons. The second-order valence-electron chi connectivity index (χ2n) is 2.89. The van der Waals surface area contributed by atoms with Crippen molar-refractivity contribution in [1.82, 2.24) is 0 Å². The van der Waals surface area contributed by atoms with E-state index in [1.54, 1.807) is 0 Å². The van der Waals surface area contributed by atoms with Gasteiger partial charge in [0.15, 0.2) is 0 Å². The van der Waals surface area contributed by atoms with Crippen LogP contribution in [0.5, 0.6) is 0 Å². The van der Waals surface area contributed by atoms with Crippen LogP contribution >= 0.6 is 7.60 Å². The lowest BCUT2D eigenvalue weighted by Crippen LogP contribution is -1.97. The van der Waals surface area contributed by atoms with Gasteiger partial charge < -0.3 is 4.62 Å². The minimum Gasteiger partial charge on any atom is -0.303 e. The Morgan fingerprint density at radius 2 is 2.27 bits per heavy atom. The van der Waals surface area contributed by atoms with Gasteiger partial charge in [-0.15, -0.1) is 6.58 Å². The Morgan fingerprint density at radius 1 is 1.53 bits per heavy atom. The Balaban J connectivity index is 4.06. The molecule has 6 heteroatoms. The van der Waals surface area contributed by atoms with Crippen LogP contribution in [0.25, 0.3) is 0 Å². The van der Waals surface area contributed by atoms with Crippen LogP contribution in [-0.2, 0) is 18.5 Å². The number of unbranched alkanes of at least 4 members (excludes halogenated alkanes) is 2. The molecular formula is C9H16NO4P. The van der Waals surface area contributed by atoms with Gasteiger partial charge in [0.05, 0.1) is 12.8 Å². The van der Waals surface area contributed by atoms with E-state index in [0.29, 0.717) is 6.61 Å².